The van der Waals surface area contributed by atoms with E-state index in [-0.39, 0.29) is 0 Å². The second-order valence-electron chi connectivity index (χ2n) is 4.79. The van der Waals surface area contributed by atoms with Crippen molar-refractivity contribution in [2.75, 3.05) is 13.2 Å². The Bertz CT molecular complexity index is 209. The molecule has 2 aliphatic rings. The lowest BCUT2D eigenvalue weighted by Crippen LogP contribution is -2.43. The van der Waals surface area contributed by atoms with Gasteiger partial charge in [-0.1, -0.05) is 19.1 Å². The first-order chi connectivity index (χ1) is 7.40. The first-order valence-electron chi connectivity index (χ1n) is 6.39. The molecule has 1 fully saturated rings. The van der Waals surface area contributed by atoms with Crippen LogP contribution in [0.5, 0.6) is 0 Å². The smallest absolute Gasteiger partial charge is 0.0510 e. The molecule has 0 saturated carbocycles. The Labute approximate surface area is 93.1 Å². The summed E-state index contributed by atoms with van der Waals surface area (Å²) in [5, 5.41) is 3.82. The predicted octanol–water partition coefficient (Wildman–Crippen LogP) is 2.50. The van der Waals surface area contributed by atoms with Gasteiger partial charge in [-0.3, -0.25) is 0 Å². The zero-order valence-corrected chi connectivity index (χ0v) is 9.74. The van der Waals surface area contributed by atoms with Crippen molar-refractivity contribution in [3.63, 3.8) is 0 Å². The van der Waals surface area contributed by atoms with Crippen LogP contribution in [0.15, 0.2) is 12.2 Å². The average Bonchev–Trinajstić information content (AvgIpc) is 2.81. The molecular weight excluding hydrogens is 186 g/mol. The van der Waals surface area contributed by atoms with E-state index in [2.05, 4.69) is 24.4 Å². The maximum atomic E-state index is 5.48. The summed E-state index contributed by atoms with van der Waals surface area (Å²) in [6.45, 7) is 4.22. The fourth-order valence-electron chi connectivity index (χ4n) is 2.71. The normalized spacial score (nSPS) is 33.1. The molecule has 0 aromatic heterocycles. The van der Waals surface area contributed by atoms with Crippen LogP contribution in [-0.2, 0) is 4.74 Å². The third kappa shape index (κ3) is 3.05. The Hall–Kier alpha value is -0.340. The number of hydrogen-bond acceptors (Lipinski definition) is 2. The molecule has 0 radical (unpaired) electrons. The van der Waals surface area contributed by atoms with Gasteiger partial charge in [0.2, 0.25) is 0 Å². The van der Waals surface area contributed by atoms with E-state index in [0.717, 1.165) is 19.1 Å². The number of hydrogen-bond donors (Lipinski definition) is 1. The van der Waals surface area contributed by atoms with Gasteiger partial charge < -0.3 is 10.1 Å². The van der Waals surface area contributed by atoms with E-state index in [0.29, 0.717) is 12.1 Å². The predicted molar refractivity (Wildman–Crippen MR) is 62.9 cm³/mol. The molecule has 15 heavy (non-hydrogen) atoms. The van der Waals surface area contributed by atoms with Gasteiger partial charge in [0, 0.05) is 18.7 Å². The van der Waals surface area contributed by atoms with Crippen LogP contribution in [0.2, 0.25) is 0 Å². The van der Waals surface area contributed by atoms with Crippen LogP contribution >= 0.6 is 0 Å². The maximum Gasteiger partial charge on any atom is 0.0510 e. The van der Waals surface area contributed by atoms with Gasteiger partial charge in [-0.05, 0) is 38.0 Å². The highest BCUT2D eigenvalue weighted by Crippen LogP contribution is 2.21. The summed E-state index contributed by atoms with van der Waals surface area (Å²) in [4.78, 5) is 0. The zero-order chi connectivity index (χ0) is 10.5. The Morgan fingerprint density at radius 2 is 2.33 bits per heavy atom. The topological polar surface area (TPSA) is 21.3 Å². The lowest BCUT2D eigenvalue weighted by atomic mass is 9.93. The van der Waals surface area contributed by atoms with E-state index < -0.39 is 0 Å². The van der Waals surface area contributed by atoms with E-state index in [1.807, 2.05) is 0 Å². The largest absolute Gasteiger partial charge is 0.381 e. The fourth-order valence-corrected chi connectivity index (χ4v) is 2.71. The summed E-state index contributed by atoms with van der Waals surface area (Å²) in [5.74, 6) is 0.751. The number of ether oxygens (including phenoxy) is 1. The van der Waals surface area contributed by atoms with Gasteiger partial charge in [-0.15, -0.1) is 0 Å². The minimum absolute atomic E-state index is 0.670. The molecule has 1 N–H and O–H groups in total. The van der Waals surface area contributed by atoms with Crippen molar-refractivity contribution in [3.05, 3.63) is 12.2 Å². The molecule has 2 heteroatoms. The molecule has 0 bridgehead atoms. The lowest BCUT2D eigenvalue weighted by Gasteiger charge is -2.29. The fraction of sp³-hybridized carbons (Fsp3) is 0.846. The molecule has 1 saturated heterocycles. The van der Waals surface area contributed by atoms with Gasteiger partial charge in [0.1, 0.15) is 0 Å². The third-order valence-electron chi connectivity index (χ3n) is 3.69. The highest BCUT2D eigenvalue weighted by atomic mass is 16.5. The highest BCUT2D eigenvalue weighted by molar-refractivity contribution is 4.94. The van der Waals surface area contributed by atoms with Crippen LogP contribution in [0, 0.1) is 5.92 Å². The van der Waals surface area contributed by atoms with Crippen molar-refractivity contribution < 1.29 is 4.74 Å². The number of allylic oxidation sites excluding steroid dienone is 1. The average molecular weight is 209 g/mol. The molecule has 86 valence electrons. The molecule has 0 aromatic rings. The Morgan fingerprint density at radius 1 is 1.40 bits per heavy atom. The van der Waals surface area contributed by atoms with Crippen LogP contribution in [0.25, 0.3) is 0 Å². The van der Waals surface area contributed by atoms with Crippen LogP contribution < -0.4 is 5.32 Å². The highest BCUT2D eigenvalue weighted by Gasteiger charge is 2.26. The Kier molecular flexibility index (Phi) is 4.21. The maximum absolute atomic E-state index is 5.48. The Morgan fingerprint density at radius 3 is 2.93 bits per heavy atom. The van der Waals surface area contributed by atoms with E-state index in [9.17, 15) is 0 Å². The minimum atomic E-state index is 0.670. The van der Waals surface area contributed by atoms with Gasteiger partial charge in [0.05, 0.1) is 6.61 Å². The van der Waals surface area contributed by atoms with Crippen LogP contribution in [-0.4, -0.2) is 25.3 Å². The second kappa shape index (κ2) is 5.66. The van der Waals surface area contributed by atoms with Crippen LogP contribution in [0.3, 0.4) is 0 Å². The van der Waals surface area contributed by atoms with Crippen molar-refractivity contribution in [2.24, 2.45) is 5.92 Å². The van der Waals surface area contributed by atoms with Gasteiger partial charge in [0.25, 0.3) is 0 Å². The summed E-state index contributed by atoms with van der Waals surface area (Å²) < 4.78 is 5.48. The van der Waals surface area contributed by atoms with E-state index >= 15 is 0 Å². The molecule has 0 spiro atoms. The Balaban J connectivity index is 1.81. The molecule has 0 aromatic carbocycles. The van der Waals surface area contributed by atoms with E-state index in [1.54, 1.807) is 0 Å². The van der Waals surface area contributed by atoms with Crippen molar-refractivity contribution in [3.8, 4) is 0 Å². The zero-order valence-electron chi connectivity index (χ0n) is 9.74. The molecule has 1 heterocycles. The molecular formula is C13H23NO. The van der Waals surface area contributed by atoms with Crippen molar-refractivity contribution in [1.29, 1.82) is 0 Å². The third-order valence-corrected chi connectivity index (χ3v) is 3.69. The summed E-state index contributed by atoms with van der Waals surface area (Å²) >= 11 is 0. The molecule has 3 unspecified atom stereocenters. The standard InChI is InChI=1S/C13H23NO/c1-2-13(11-8-9-15-10-11)14-12-6-4-3-5-7-12/h3-4,11-14H,2,5-10H2,1H3. The first kappa shape index (κ1) is 11.2. The first-order valence-corrected chi connectivity index (χ1v) is 6.39. The molecule has 0 amide bonds. The number of nitrogens with one attached hydrogen (secondary N) is 1. The minimum Gasteiger partial charge on any atom is -0.381 e. The molecule has 3 atom stereocenters. The summed E-state index contributed by atoms with van der Waals surface area (Å²) in [6.07, 6.45) is 10.9. The monoisotopic (exact) mass is 209 g/mol. The van der Waals surface area contributed by atoms with E-state index in [4.69, 9.17) is 4.74 Å². The number of rotatable bonds is 4. The van der Waals surface area contributed by atoms with Crippen molar-refractivity contribution in [1.82, 2.24) is 5.32 Å². The van der Waals surface area contributed by atoms with E-state index in [1.165, 1.54) is 32.1 Å². The summed E-state index contributed by atoms with van der Waals surface area (Å²) in [6, 6.07) is 1.38. The van der Waals surface area contributed by atoms with Gasteiger partial charge in [-0.25, -0.2) is 0 Å². The SMILES string of the molecule is CCC(NC1CC=CCC1)C1CCOC1. The lowest BCUT2D eigenvalue weighted by molar-refractivity contribution is 0.173. The second-order valence-corrected chi connectivity index (χ2v) is 4.79. The van der Waals surface area contributed by atoms with Gasteiger partial charge in [0.15, 0.2) is 0 Å². The summed E-state index contributed by atoms with van der Waals surface area (Å²) in [5.41, 5.74) is 0. The van der Waals surface area contributed by atoms with Crippen LogP contribution in [0.4, 0.5) is 0 Å². The molecule has 1 aliphatic heterocycles. The summed E-state index contributed by atoms with van der Waals surface area (Å²) in [7, 11) is 0. The van der Waals surface area contributed by atoms with Gasteiger partial charge >= 0.3 is 0 Å². The van der Waals surface area contributed by atoms with Crippen molar-refractivity contribution >= 4 is 0 Å². The van der Waals surface area contributed by atoms with Gasteiger partial charge in [-0.2, -0.15) is 0 Å². The molecule has 2 nitrogen and oxygen atoms in total. The quantitative estimate of drug-likeness (QED) is 0.718. The van der Waals surface area contributed by atoms with Crippen molar-refractivity contribution in [2.45, 2.75) is 51.1 Å². The molecule has 1 aliphatic carbocycles. The van der Waals surface area contributed by atoms with Crippen LogP contribution in [0.1, 0.15) is 39.0 Å². The molecule has 2 rings (SSSR count).